The fourth-order valence-electron chi connectivity index (χ4n) is 1.72. The van der Waals surface area contributed by atoms with E-state index < -0.39 is 0 Å². The van der Waals surface area contributed by atoms with E-state index in [-0.39, 0.29) is 5.91 Å². The highest BCUT2D eigenvalue weighted by Gasteiger charge is 2.13. The third-order valence-corrected chi connectivity index (χ3v) is 2.80. The number of aromatic nitrogens is 3. The summed E-state index contributed by atoms with van der Waals surface area (Å²) in [7, 11) is 0. The maximum atomic E-state index is 12.1. The van der Waals surface area contributed by atoms with Gasteiger partial charge in [0.05, 0.1) is 6.20 Å². The Bertz CT molecular complexity index is 739. The summed E-state index contributed by atoms with van der Waals surface area (Å²) in [6.45, 7) is 0. The summed E-state index contributed by atoms with van der Waals surface area (Å²) in [4.78, 5) is 16.2. The average molecular weight is 273 g/mol. The Labute approximate surface area is 113 Å². The van der Waals surface area contributed by atoms with Crippen molar-refractivity contribution in [1.29, 1.82) is 0 Å². The van der Waals surface area contributed by atoms with Gasteiger partial charge in [0.25, 0.3) is 5.91 Å². The Hall–Kier alpha value is -2.40. The fourth-order valence-corrected chi connectivity index (χ4v) is 1.86. The first-order valence-corrected chi connectivity index (χ1v) is 5.98. The number of para-hydroxylation sites is 1. The van der Waals surface area contributed by atoms with Gasteiger partial charge in [0.15, 0.2) is 11.3 Å². The van der Waals surface area contributed by atoms with Gasteiger partial charge in [-0.05, 0) is 24.3 Å². The molecule has 3 rings (SSSR count). The highest BCUT2D eigenvalue weighted by atomic mass is 35.5. The first-order chi connectivity index (χ1) is 9.24. The molecule has 6 heteroatoms. The number of benzene rings is 1. The van der Waals surface area contributed by atoms with Gasteiger partial charge in [-0.1, -0.05) is 29.8 Å². The number of hydrogen-bond donors (Lipinski definition) is 1. The number of imidazole rings is 1. The SMILES string of the molecule is O=C(Nc1ccccc1)c1cnc2ccc(Cl)nn12. The van der Waals surface area contributed by atoms with Gasteiger partial charge < -0.3 is 5.32 Å². The summed E-state index contributed by atoms with van der Waals surface area (Å²) >= 11 is 5.82. The number of nitrogens with one attached hydrogen (secondary N) is 1. The molecule has 0 fully saturated rings. The summed E-state index contributed by atoms with van der Waals surface area (Å²) in [6, 6.07) is 12.5. The van der Waals surface area contributed by atoms with Crippen molar-refractivity contribution in [3.8, 4) is 0 Å². The van der Waals surface area contributed by atoms with Gasteiger partial charge in [-0.3, -0.25) is 4.79 Å². The molecule has 1 aromatic carbocycles. The molecule has 2 heterocycles. The number of hydrogen-bond acceptors (Lipinski definition) is 3. The van der Waals surface area contributed by atoms with Crippen molar-refractivity contribution in [1.82, 2.24) is 14.6 Å². The lowest BCUT2D eigenvalue weighted by molar-refractivity contribution is 0.102. The first kappa shape index (κ1) is 11.7. The van der Waals surface area contributed by atoms with Crippen LogP contribution in [0.5, 0.6) is 0 Å². The Kier molecular flexibility index (Phi) is 2.89. The number of carbonyl (C=O) groups is 1. The summed E-state index contributed by atoms with van der Waals surface area (Å²) in [5.41, 5.74) is 1.62. The molecule has 0 bridgehead atoms. The van der Waals surface area contributed by atoms with E-state index in [1.807, 2.05) is 30.3 Å². The second-order valence-electron chi connectivity index (χ2n) is 3.89. The molecule has 0 spiro atoms. The largest absolute Gasteiger partial charge is 0.321 e. The van der Waals surface area contributed by atoms with Crippen LogP contribution < -0.4 is 5.32 Å². The minimum absolute atomic E-state index is 0.284. The number of rotatable bonds is 2. The molecular formula is C13H9ClN4O. The number of nitrogens with zero attached hydrogens (tertiary/aromatic N) is 3. The van der Waals surface area contributed by atoms with Crippen LogP contribution in [-0.4, -0.2) is 20.5 Å². The monoisotopic (exact) mass is 272 g/mol. The van der Waals surface area contributed by atoms with E-state index in [9.17, 15) is 4.79 Å². The quantitative estimate of drug-likeness (QED) is 0.780. The maximum Gasteiger partial charge on any atom is 0.276 e. The first-order valence-electron chi connectivity index (χ1n) is 5.61. The van der Waals surface area contributed by atoms with Gasteiger partial charge in [0.1, 0.15) is 5.15 Å². The standard InChI is InChI=1S/C13H9ClN4O/c14-11-6-7-12-15-8-10(18(12)17-11)13(19)16-9-4-2-1-3-5-9/h1-8H,(H,16,19). The van der Waals surface area contributed by atoms with E-state index in [1.165, 1.54) is 10.7 Å². The lowest BCUT2D eigenvalue weighted by Crippen LogP contribution is -2.15. The molecule has 0 aliphatic carbocycles. The summed E-state index contributed by atoms with van der Waals surface area (Å²) in [6.07, 6.45) is 1.47. The van der Waals surface area contributed by atoms with Gasteiger partial charge in [0, 0.05) is 5.69 Å². The maximum absolute atomic E-state index is 12.1. The molecule has 0 aliphatic rings. The predicted molar refractivity (Wildman–Crippen MR) is 72.4 cm³/mol. The highest BCUT2D eigenvalue weighted by Crippen LogP contribution is 2.12. The third-order valence-electron chi connectivity index (χ3n) is 2.59. The van der Waals surface area contributed by atoms with Crippen LogP contribution in [0.2, 0.25) is 5.15 Å². The van der Waals surface area contributed by atoms with Crippen molar-refractivity contribution in [3.05, 3.63) is 59.5 Å². The third kappa shape index (κ3) is 2.28. The van der Waals surface area contributed by atoms with Crippen molar-refractivity contribution in [3.63, 3.8) is 0 Å². The molecule has 3 aromatic rings. The van der Waals surface area contributed by atoms with Gasteiger partial charge in [-0.2, -0.15) is 5.10 Å². The Morgan fingerprint density at radius 3 is 2.74 bits per heavy atom. The van der Waals surface area contributed by atoms with Gasteiger partial charge >= 0.3 is 0 Å². The Morgan fingerprint density at radius 2 is 1.95 bits per heavy atom. The lowest BCUT2D eigenvalue weighted by atomic mass is 10.3. The van der Waals surface area contributed by atoms with Crippen LogP contribution in [-0.2, 0) is 0 Å². The number of anilines is 1. The van der Waals surface area contributed by atoms with Crippen molar-refractivity contribution < 1.29 is 4.79 Å². The van der Waals surface area contributed by atoms with Crippen LogP contribution in [0.25, 0.3) is 5.65 Å². The molecule has 1 amide bonds. The number of fused-ring (bicyclic) bond motifs is 1. The summed E-state index contributed by atoms with van der Waals surface area (Å²) in [5.74, 6) is -0.284. The molecule has 0 saturated heterocycles. The van der Waals surface area contributed by atoms with Crippen molar-refractivity contribution >= 4 is 28.8 Å². The molecule has 0 aliphatic heterocycles. The van der Waals surface area contributed by atoms with E-state index in [0.717, 1.165) is 0 Å². The zero-order chi connectivity index (χ0) is 13.2. The number of halogens is 1. The van der Waals surface area contributed by atoms with Crippen molar-refractivity contribution in [2.45, 2.75) is 0 Å². The number of carbonyl (C=O) groups excluding carboxylic acids is 1. The zero-order valence-electron chi connectivity index (χ0n) is 9.75. The lowest BCUT2D eigenvalue weighted by Gasteiger charge is -2.04. The van der Waals surface area contributed by atoms with Crippen LogP contribution in [0.1, 0.15) is 10.5 Å². The number of amides is 1. The predicted octanol–water partition coefficient (Wildman–Crippen LogP) is 2.64. The Morgan fingerprint density at radius 1 is 1.16 bits per heavy atom. The van der Waals surface area contributed by atoms with Crippen LogP contribution in [0.15, 0.2) is 48.7 Å². The molecular weight excluding hydrogens is 264 g/mol. The normalized spacial score (nSPS) is 10.6. The van der Waals surface area contributed by atoms with E-state index >= 15 is 0 Å². The van der Waals surface area contributed by atoms with Gasteiger partial charge in [-0.25, -0.2) is 9.50 Å². The molecule has 2 aromatic heterocycles. The zero-order valence-corrected chi connectivity index (χ0v) is 10.5. The van der Waals surface area contributed by atoms with Crippen LogP contribution in [0.4, 0.5) is 5.69 Å². The minimum atomic E-state index is -0.284. The van der Waals surface area contributed by atoms with E-state index in [0.29, 0.717) is 22.2 Å². The van der Waals surface area contributed by atoms with E-state index in [2.05, 4.69) is 15.4 Å². The summed E-state index contributed by atoms with van der Waals surface area (Å²) in [5, 5.41) is 7.14. The second kappa shape index (κ2) is 4.70. The summed E-state index contributed by atoms with van der Waals surface area (Å²) < 4.78 is 1.42. The molecule has 19 heavy (non-hydrogen) atoms. The molecule has 0 unspecified atom stereocenters. The topological polar surface area (TPSA) is 59.3 Å². The van der Waals surface area contributed by atoms with Gasteiger partial charge in [0.2, 0.25) is 0 Å². The highest BCUT2D eigenvalue weighted by molar-refractivity contribution is 6.29. The molecule has 0 atom stereocenters. The molecule has 5 nitrogen and oxygen atoms in total. The van der Waals surface area contributed by atoms with Crippen molar-refractivity contribution in [2.24, 2.45) is 0 Å². The second-order valence-corrected chi connectivity index (χ2v) is 4.28. The Balaban J connectivity index is 1.96. The average Bonchev–Trinajstić information content (AvgIpc) is 2.82. The van der Waals surface area contributed by atoms with Crippen molar-refractivity contribution in [2.75, 3.05) is 5.32 Å². The van der Waals surface area contributed by atoms with Crippen LogP contribution in [0, 0.1) is 0 Å². The van der Waals surface area contributed by atoms with Crippen LogP contribution >= 0.6 is 11.6 Å². The fraction of sp³-hybridized carbons (Fsp3) is 0. The van der Waals surface area contributed by atoms with Crippen LogP contribution in [0.3, 0.4) is 0 Å². The minimum Gasteiger partial charge on any atom is -0.321 e. The van der Waals surface area contributed by atoms with E-state index in [4.69, 9.17) is 11.6 Å². The molecule has 0 radical (unpaired) electrons. The molecule has 0 saturated carbocycles. The molecule has 94 valence electrons. The van der Waals surface area contributed by atoms with Gasteiger partial charge in [-0.15, -0.1) is 0 Å². The van der Waals surface area contributed by atoms with E-state index in [1.54, 1.807) is 12.1 Å². The smallest absolute Gasteiger partial charge is 0.276 e. The molecule has 1 N–H and O–H groups in total.